The van der Waals surface area contributed by atoms with E-state index >= 15 is 0 Å². The Kier molecular flexibility index (Phi) is 4.92. The van der Waals surface area contributed by atoms with Crippen LogP contribution in [-0.4, -0.2) is 29.4 Å². The number of halogens is 1. The van der Waals surface area contributed by atoms with Gasteiger partial charge in [-0.05, 0) is 31.7 Å². The van der Waals surface area contributed by atoms with Gasteiger partial charge in [-0.25, -0.2) is 0 Å². The molecule has 0 saturated heterocycles. The Bertz CT molecular complexity index is 503. The van der Waals surface area contributed by atoms with E-state index in [1.165, 1.54) is 13.2 Å². The fraction of sp³-hybridized carbons (Fsp3) is 0.538. The van der Waals surface area contributed by atoms with E-state index in [1.807, 2.05) is 0 Å². The smallest absolute Gasteiger partial charge is 0.308 e. The van der Waals surface area contributed by atoms with Crippen LogP contribution in [0.5, 0.6) is 5.88 Å². The van der Waals surface area contributed by atoms with E-state index in [0.717, 1.165) is 6.07 Å². The SMILES string of the molecule is COC(=O)C1CCC(Oc2ccc(N([O-])O)c(F)n2)CC1. The van der Waals surface area contributed by atoms with Crippen molar-refractivity contribution in [3.63, 3.8) is 0 Å². The summed E-state index contributed by atoms with van der Waals surface area (Å²) >= 11 is 0. The van der Waals surface area contributed by atoms with Crippen molar-refractivity contribution in [3.8, 4) is 5.88 Å². The van der Waals surface area contributed by atoms with Crippen LogP contribution in [0.25, 0.3) is 0 Å². The molecule has 1 heterocycles. The van der Waals surface area contributed by atoms with E-state index in [0.29, 0.717) is 25.7 Å². The standard InChI is InChI=1S/C13H16FN2O5/c1-20-13(17)8-2-4-9(5-3-8)21-11-7-6-10(16(18)19)12(14)15-11/h6-9,18H,2-5H2,1H3/q-1. The van der Waals surface area contributed by atoms with E-state index in [4.69, 9.17) is 14.7 Å². The highest BCUT2D eigenvalue weighted by molar-refractivity contribution is 5.72. The molecule has 2 rings (SSSR count). The summed E-state index contributed by atoms with van der Waals surface area (Å²) in [4.78, 5) is 14.9. The molecule has 0 atom stereocenters. The summed E-state index contributed by atoms with van der Waals surface area (Å²) < 4.78 is 23.6. The maximum absolute atomic E-state index is 13.4. The Hall–Kier alpha value is -1.93. The van der Waals surface area contributed by atoms with Crippen LogP contribution in [0.2, 0.25) is 0 Å². The number of carbonyl (C=O) groups is 1. The van der Waals surface area contributed by atoms with Crippen LogP contribution in [0.1, 0.15) is 25.7 Å². The van der Waals surface area contributed by atoms with Gasteiger partial charge in [0.2, 0.25) is 11.8 Å². The molecule has 1 saturated carbocycles. The molecule has 0 radical (unpaired) electrons. The van der Waals surface area contributed by atoms with Crippen molar-refractivity contribution in [1.29, 1.82) is 0 Å². The third kappa shape index (κ3) is 3.79. The van der Waals surface area contributed by atoms with E-state index in [9.17, 15) is 14.4 Å². The van der Waals surface area contributed by atoms with Gasteiger partial charge in [0, 0.05) is 6.07 Å². The second-order valence-electron chi connectivity index (χ2n) is 4.85. The van der Waals surface area contributed by atoms with Gasteiger partial charge in [0.05, 0.1) is 13.0 Å². The number of hydrogen-bond acceptors (Lipinski definition) is 7. The molecule has 0 aliphatic heterocycles. The van der Waals surface area contributed by atoms with Gasteiger partial charge in [-0.15, -0.1) is 0 Å². The molecule has 1 fully saturated rings. The van der Waals surface area contributed by atoms with Crippen LogP contribution in [0.15, 0.2) is 12.1 Å². The average molecular weight is 299 g/mol. The molecule has 7 nitrogen and oxygen atoms in total. The molecule has 1 aliphatic rings. The van der Waals surface area contributed by atoms with Gasteiger partial charge >= 0.3 is 5.97 Å². The summed E-state index contributed by atoms with van der Waals surface area (Å²) in [7, 11) is 1.36. The normalized spacial score (nSPS) is 21.7. The van der Waals surface area contributed by atoms with E-state index in [1.54, 1.807) is 0 Å². The summed E-state index contributed by atoms with van der Waals surface area (Å²) in [6.07, 6.45) is 2.39. The summed E-state index contributed by atoms with van der Waals surface area (Å²) in [6, 6.07) is 2.40. The van der Waals surface area contributed by atoms with Gasteiger partial charge in [0.15, 0.2) is 0 Å². The molecule has 0 bridgehead atoms. The Morgan fingerprint density at radius 3 is 2.62 bits per heavy atom. The maximum Gasteiger partial charge on any atom is 0.308 e. The minimum Gasteiger partial charge on any atom is -0.733 e. The summed E-state index contributed by atoms with van der Waals surface area (Å²) in [6.45, 7) is 0. The van der Waals surface area contributed by atoms with Gasteiger partial charge in [-0.1, -0.05) is 0 Å². The third-order valence-electron chi connectivity index (χ3n) is 3.51. The summed E-state index contributed by atoms with van der Waals surface area (Å²) in [5, 5.41) is 18.6. The minimum atomic E-state index is -1.10. The van der Waals surface area contributed by atoms with Crippen LogP contribution < -0.4 is 9.96 Å². The number of methoxy groups -OCH3 is 1. The molecule has 0 amide bonds. The topological polar surface area (TPSA) is 95.0 Å². The lowest BCUT2D eigenvalue weighted by Crippen LogP contribution is -2.28. The molecule has 0 unspecified atom stereocenters. The Morgan fingerprint density at radius 2 is 2.10 bits per heavy atom. The van der Waals surface area contributed by atoms with Crippen molar-refractivity contribution in [2.75, 3.05) is 12.3 Å². The number of rotatable bonds is 4. The number of carbonyl (C=O) groups excluding carboxylic acids is 1. The van der Waals surface area contributed by atoms with Crippen LogP contribution in [-0.2, 0) is 9.53 Å². The highest BCUT2D eigenvalue weighted by Crippen LogP contribution is 2.28. The lowest BCUT2D eigenvalue weighted by atomic mass is 9.87. The molecule has 0 spiro atoms. The third-order valence-corrected chi connectivity index (χ3v) is 3.51. The van der Waals surface area contributed by atoms with Crippen molar-refractivity contribution in [2.45, 2.75) is 31.8 Å². The number of aromatic nitrogens is 1. The quantitative estimate of drug-likeness (QED) is 0.516. The van der Waals surface area contributed by atoms with E-state index in [-0.39, 0.29) is 23.9 Å². The molecule has 1 aromatic rings. The maximum atomic E-state index is 13.4. The van der Waals surface area contributed by atoms with Crippen LogP contribution in [0, 0.1) is 17.1 Å². The van der Waals surface area contributed by atoms with Crippen LogP contribution >= 0.6 is 0 Å². The van der Waals surface area contributed by atoms with Crippen molar-refractivity contribution in [2.24, 2.45) is 5.92 Å². The number of ether oxygens (including phenoxy) is 2. The number of esters is 1. The first-order valence-corrected chi connectivity index (χ1v) is 6.58. The number of pyridine rings is 1. The van der Waals surface area contributed by atoms with Gasteiger partial charge in [0.1, 0.15) is 11.8 Å². The fourth-order valence-electron chi connectivity index (χ4n) is 2.37. The summed E-state index contributed by atoms with van der Waals surface area (Å²) in [5.41, 5.74) is -0.572. The zero-order chi connectivity index (χ0) is 15.4. The average Bonchev–Trinajstić information content (AvgIpc) is 2.47. The molecular weight excluding hydrogens is 283 g/mol. The molecule has 21 heavy (non-hydrogen) atoms. The zero-order valence-electron chi connectivity index (χ0n) is 11.5. The number of hydrogen-bond donors (Lipinski definition) is 1. The first-order valence-electron chi connectivity index (χ1n) is 6.58. The van der Waals surface area contributed by atoms with Crippen molar-refractivity contribution in [3.05, 3.63) is 23.3 Å². The lowest BCUT2D eigenvalue weighted by Gasteiger charge is -2.27. The minimum absolute atomic E-state index is 0.0413. The van der Waals surface area contributed by atoms with Gasteiger partial charge in [0.25, 0.3) is 0 Å². The molecule has 1 aromatic heterocycles. The second kappa shape index (κ2) is 6.68. The second-order valence-corrected chi connectivity index (χ2v) is 4.85. The predicted molar refractivity (Wildman–Crippen MR) is 70.2 cm³/mol. The van der Waals surface area contributed by atoms with Crippen molar-refractivity contribution >= 4 is 11.7 Å². The highest BCUT2D eigenvalue weighted by atomic mass is 19.1. The Balaban J connectivity index is 1.92. The largest absolute Gasteiger partial charge is 0.733 e. The van der Waals surface area contributed by atoms with Crippen LogP contribution in [0.4, 0.5) is 10.1 Å². The number of nitrogens with zero attached hydrogens (tertiary/aromatic N) is 2. The molecule has 116 valence electrons. The van der Waals surface area contributed by atoms with Crippen molar-refractivity contribution in [1.82, 2.24) is 4.98 Å². The lowest BCUT2D eigenvalue weighted by molar-refractivity contribution is -0.147. The molecule has 8 heteroatoms. The molecular formula is C13H16FN2O5-. The molecule has 1 N–H and O–H groups in total. The fourth-order valence-corrected chi connectivity index (χ4v) is 2.37. The monoisotopic (exact) mass is 299 g/mol. The molecule has 0 aromatic carbocycles. The number of anilines is 1. The first kappa shape index (κ1) is 15.5. The predicted octanol–water partition coefficient (Wildman–Crippen LogP) is 2.02. The zero-order valence-corrected chi connectivity index (χ0v) is 11.5. The Morgan fingerprint density at radius 1 is 1.43 bits per heavy atom. The summed E-state index contributed by atoms with van der Waals surface area (Å²) in [5.74, 6) is -1.40. The highest BCUT2D eigenvalue weighted by Gasteiger charge is 2.28. The molecule has 1 aliphatic carbocycles. The van der Waals surface area contributed by atoms with E-state index < -0.39 is 16.9 Å². The van der Waals surface area contributed by atoms with Crippen LogP contribution in [0.3, 0.4) is 0 Å². The Labute approximate surface area is 120 Å². The van der Waals surface area contributed by atoms with Gasteiger partial charge in [-0.3, -0.25) is 10.0 Å². The van der Waals surface area contributed by atoms with Crippen molar-refractivity contribution < 1.29 is 23.9 Å². The first-order chi connectivity index (χ1) is 10.0. The van der Waals surface area contributed by atoms with E-state index in [2.05, 4.69) is 4.98 Å². The van der Waals surface area contributed by atoms with Gasteiger partial charge < -0.3 is 19.9 Å². The van der Waals surface area contributed by atoms with Gasteiger partial charge in [-0.2, -0.15) is 9.37 Å².